The van der Waals surface area contributed by atoms with Crippen LogP contribution in [0.4, 0.5) is 0 Å². The third kappa shape index (κ3) is 5.45. The molecule has 0 amide bonds. The van der Waals surface area contributed by atoms with E-state index in [-0.39, 0.29) is 18.4 Å². The van der Waals surface area contributed by atoms with E-state index in [1.54, 1.807) is 30.3 Å². The molecule has 0 fully saturated rings. The van der Waals surface area contributed by atoms with Crippen LogP contribution in [0.2, 0.25) is 0 Å². The van der Waals surface area contributed by atoms with E-state index in [0.29, 0.717) is 24.0 Å². The Bertz CT molecular complexity index is 602. The second-order valence-corrected chi connectivity index (χ2v) is 7.18. The van der Waals surface area contributed by atoms with Gasteiger partial charge in [0.1, 0.15) is 6.61 Å². The average Bonchev–Trinajstić information content (AvgIpc) is 2.56. The van der Waals surface area contributed by atoms with Gasteiger partial charge in [-0.15, -0.1) is 0 Å². The first-order valence-electron chi connectivity index (χ1n) is 8.90. The standard InChI is InChI=1S/C21H30O4/c1-6-10-18(19(22)23)21(16(4)5,13-15(2)3)14-25-20(24)17-11-8-7-9-12-17/h7-12,15-16H,6,13-14H2,1-5H3,(H,22,23). The third-order valence-electron chi connectivity index (χ3n) is 4.52. The van der Waals surface area contributed by atoms with Gasteiger partial charge in [-0.2, -0.15) is 0 Å². The SMILES string of the molecule is CCC=C(C(=O)O)C(COC(=O)c1ccccc1)(CC(C)C)C(C)C. The summed E-state index contributed by atoms with van der Waals surface area (Å²) in [4.78, 5) is 24.3. The second kappa shape index (κ2) is 9.40. The van der Waals surface area contributed by atoms with E-state index in [1.165, 1.54) is 0 Å². The molecular formula is C21H30O4. The largest absolute Gasteiger partial charge is 0.478 e. The molecule has 4 nitrogen and oxygen atoms in total. The van der Waals surface area contributed by atoms with Crippen LogP contribution in [0.1, 0.15) is 57.8 Å². The Hall–Kier alpha value is -2.10. The molecule has 1 N–H and O–H groups in total. The number of esters is 1. The highest BCUT2D eigenvalue weighted by Gasteiger charge is 2.42. The summed E-state index contributed by atoms with van der Waals surface area (Å²) >= 11 is 0. The molecule has 1 unspecified atom stereocenters. The van der Waals surface area contributed by atoms with Crippen LogP contribution in [0.25, 0.3) is 0 Å². The van der Waals surface area contributed by atoms with Gasteiger partial charge >= 0.3 is 11.9 Å². The Morgan fingerprint density at radius 3 is 2.20 bits per heavy atom. The van der Waals surface area contributed by atoms with Gasteiger partial charge in [-0.05, 0) is 36.8 Å². The molecule has 0 saturated heterocycles. The van der Waals surface area contributed by atoms with Crippen LogP contribution in [0.15, 0.2) is 42.0 Å². The van der Waals surface area contributed by atoms with E-state index >= 15 is 0 Å². The van der Waals surface area contributed by atoms with Crippen LogP contribution in [-0.2, 0) is 9.53 Å². The number of allylic oxidation sites excluding steroid dienone is 1. The van der Waals surface area contributed by atoms with Crippen molar-refractivity contribution in [2.75, 3.05) is 6.61 Å². The number of hydrogen-bond donors (Lipinski definition) is 1. The number of aliphatic carboxylic acids is 1. The molecule has 0 aliphatic rings. The van der Waals surface area contributed by atoms with E-state index in [0.717, 1.165) is 0 Å². The zero-order chi connectivity index (χ0) is 19.0. The fourth-order valence-electron chi connectivity index (χ4n) is 3.25. The highest BCUT2D eigenvalue weighted by atomic mass is 16.5. The summed E-state index contributed by atoms with van der Waals surface area (Å²) in [5, 5.41) is 9.78. The molecule has 1 rings (SSSR count). The number of carbonyl (C=O) groups is 2. The predicted octanol–water partition coefficient (Wildman–Crippen LogP) is 4.95. The van der Waals surface area contributed by atoms with E-state index in [1.807, 2.05) is 26.8 Å². The van der Waals surface area contributed by atoms with Gasteiger partial charge < -0.3 is 9.84 Å². The van der Waals surface area contributed by atoms with Crippen LogP contribution in [-0.4, -0.2) is 23.7 Å². The monoisotopic (exact) mass is 346 g/mol. The van der Waals surface area contributed by atoms with Crippen LogP contribution < -0.4 is 0 Å². The molecule has 1 atom stereocenters. The Morgan fingerprint density at radius 2 is 1.76 bits per heavy atom. The number of carbonyl (C=O) groups excluding carboxylic acids is 1. The zero-order valence-electron chi connectivity index (χ0n) is 15.9. The van der Waals surface area contributed by atoms with Crippen molar-refractivity contribution in [1.82, 2.24) is 0 Å². The summed E-state index contributed by atoms with van der Waals surface area (Å²) in [7, 11) is 0. The molecule has 1 aromatic carbocycles. The highest BCUT2D eigenvalue weighted by Crippen LogP contribution is 2.42. The van der Waals surface area contributed by atoms with Crippen molar-refractivity contribution in [3.05, 3.63) is 47.5 Å². The molecule has 0 spiro atoms. The lowest BCUT2D eigenvalue weighted by Gasteiger charge is -2.39. The van der Waals surface area contributed by atoms with Crippen molar-refractivity contribution < 1.29 is 19.4 Å². The summed E-state index contributed by atoms with van der Waals surface area (Å²) in [6, 6.07) is 8.78. The minimum Gasteiger partial charge on any atom is -0.478 e. The van der Waals surface area contributed by atoms with Crippen LogP contribution in [0.3, 0.4) is 0 Å². The summed E-state index contributed by atoms with van der Waals surface area (Å²) < 4.78 is 5.59. The maximum absolute atomic E-state index is 12.4. The van der Waals surface area contributed by atoms with Gasteiger partial charge in [0.25, 0.3) is 0 Å². The molecule has 4 heteroatoms. The second-order valence-electron chi connectivity index (χ2n) is 7.18. The lowest BCUT2D eigenvalue weighted by molar-refractivity contribution is -0.135. The van der Waals surface area contributed by atoms with Crippen molar-refractivity contribution in [1.29, 1.82) is 0 Å². The molecule has 0 aliphatic carbocycles. The number of hydrogen-bond acceptors (Lipinski definition) is 3. The Morgan fingerprint density at radius 1 is 1.16 bits per heavy atom. The first kappa shape index (κ1) is 20.9. The Labute approximate surface area is 150 Å². The highest BCUT2D eigenvalue weighted by molar-refractivity contribution is 5.90. The number of carboxylic acid groups (broad SMARTS) is 1. The molecule has 0 radical (unpaired) electrons. The molecule has 0 saturated carbocycles. The van der Waals surface area contributed by atoms with Crippen LogP contribution in [0, 0.1) is 17.3 Å². The molecular weight excluding hydrogens is 316 g/mol. The minimum absolute atomic E-state index is 0.0207. The summed E-state index contributed by atoms with van der Waals surface area (Å²) in [6.45, 7) is 10.1. The van der Waals surface area contributed by atoms with Crippen molar-refractivity contribution in [2.24, 2.45) is 17.3 Å². The van der Waals surface area contributed by atoms with Gasteiger partial charge in [0.05, 0.1) is 5.56 Å². The lowest BCUT2D eigenvalue weighted by Crippen LogP contribution is -2.40. The molecule has 25 heavy (non-hydrogen) atoms. The van der Waals surface area contributed by atoms with E-state index in [4.69, 9.17) is 4.74 Å². The summed E-state index contributed by atoms with van der Waals surface area (Å²) in [5.41, 5.74) is 0.112. The lowest BCUT2D eigenvalue weighted by atomic mass is 9.66. The zero-order valence-corrected chi connectivity index (χ0v) is 15.9. The molecule has 138 valence electrons. The van der Waals surface area contributed by atoms with E-state index in [9.17, 15) is 14.7 Å². The molecule has 0 bridgehead atoms. The van der Waals surface area contributed by atoms with Crippen molar-refractivity contribution >= 4 is 11.9 Å². The number of carboxylic acids is 1. The fraction of sp³-hybridized carbons (Fsp3) is 0.524. The quantitative estimate of drug-likeness (QED) is 0.507. The van der Waals surface area contributed by atoms with E-state index < -0.39 is 17.4 Å². The van der Waals surface area contributed by atoms with Gasteiger partial charge in [0.2, 0.25) is 0 Å². The minimum atomic E-state index is -0.938. The fourth-order valence-corrected chi connectivity index (χ4v) is 3.25. The predicted molar refractivity (Wildman–Crippen MR) is 99.5 cm³/mol. The summed E-state index contributed by atoms with van der Waals surface area (Å²) in [5.74, 6) is -1.06. The van der Waals surface area contributed by atoms with E-state index in [2.05, 4.69) is 13.8 Å². The number of rotatable bonds is 9. The van der Waals surface area contributed by atoms with Crippen molar-refractivity contribution in [3.63, 3.8) is 0 Å². The van der Waals surface area contributed by atoms with Gasteiger partial charge in [-0.25, -0.2) is 9.59 Å². The van der Waals surface area contributed by atoms with Crippen LogP contribution >= 0.6 is 0 Å². The molecule has 0 aliphatic heterocycles. The maximum atomic E-state index is 12.4. The topological polar surface area (TPSA) is 63.6 Å². The van der Waals surface area contributed by atoms with Gasteiger partial charge in [0, 0.05) is 11.0 Å². The van der Waals surface area contributed by atoms with Gasteiger partial charge in [0.15, 0.2) is 0 Å². The Balaban J connectivity index is 3.19. The van der Waals surface area contributed by atoms with Crippen molar-refractivity contribution in [2.45, 2.75) is 47.5 Å². The molecule has 0 heterocycles. The normalized spacial score (nSPS) is 14.4. The average molecular weight is 346 g/mol. The number of ether oxygens (including phenoxy) is 1. The summed E-state index contributed by atoms with van der Waals surface area (Å²) in [6.07, 6.45) is 3.02. The van der Waals surface area contributed by atoms with Gasteiger partial charge in [-0.3, -0.25) is 0 Å². The third-order valence-corrected chi connectivity index (χ3v) is 4.52. The molecule has 1 aromatic rings. The van der Waals surface area contributed by atoms with Crippen LogP contribution in [0.5, 0.6) is 0 Å². The van der Waals surface area contributed by atoms with Gasteiger partial charge in [-0.1, -0.05) is 58.9 Å². The molecule has 0 aromatic heterocycles. The number of benzene rings is 1. The smallest absolute Gasteiger partial charge is 0.338 e. The maximum Gasteiger partial charge on any atom is 0.338 e. The first-order chi connectivity index (χ1) is 11.7. The first-order valence-corrected chi connectivity index (χ1v) is 8.90. The Kier molecular flexibility index (Phi) is 7.88. The van der Waals surface area contributed by atoms with Crippen molar-refractivity contribution in [3.8, 4) is 0 Å².